The van der Waals surface area contributed by atoms with Crippen LogP contribution >= 0.6 is 11.3 Å². The summed E-state index contributed by atoms with van der Waals surface area (Å²) in [6, 6.07) is 22.1. The molecule has 0 radical (unpaired) electrons. The second-order valence-electron chi connectivity index (χ2n) is 17.8. The molecular formula is C43H53N3O2S. The van der Waals surface area contributed by atoms with Gasteiger partial charge in [0, 0.05) is 4.88 Å². The van der Waals surface area contributed by atoms with Gasteiger partial charge in [-0.1, -0.05) is 126 Å². The van der Waals surface area contributed by atoms with Crippen molar-refractivity contribution in [1.29, 1.82) is 0 Å². The molecule has 0 N–H and O–H groups in total. The molecule has 49 heavy (non-hydrogen) atoms. The van der Waals surface area contributed by atoms with Crippen molar-refractivity contribution in [3.63, 3.8) is 0 Å². The number of rotatable bonds is 5. The molecule has 0 unspecified atom stereocenters. The Labute approximate surface area is 297 Å². The third-order valence-corrected chi connectivity index (χ3v) is 10.4. The van der Waals surface area contributed by atoms with Crippen LogP contribution in [0.5, 0.6) is 0 Å². The maximum Gasteiger partial charge on any atom is 0.236 e. The molecule has 2 atom stereocenters. The van der Waals surface area contributed by atoms with Gasteiger partial charge in [-0.3, -0.25) is 0 Å². The Morgan fingerprint density at radius 2 is 0.939 bits per heavy atom. The van der Waals surface area contributed by atoms with E-state index < -0.39 is 0 Å². The lowest BCUT2D eigenvalue weighted by Crippen LogP contribution is -2.17. The van der Waals surface area contributed by atoms with E-state index in [4.69, 9.17) is 24.4 Å². The summed E-state index contributed by atoms with van der Waals surface area (Å²) in [4.78, 5) is 16.5. The highest BCUT2D eigenvalue weighted by atomic mass is 32.1. The van der Waals surface area contributed by atoms with Crippen molar-refractivity contribution in [3.05, 3.63) is 111 Å². The fourth-order valence-electron chi connectivity index (χ4n) is 6.12. The molecule has 0 saturated heterocycles. The largest absolute Gasteiger partial charge is 0.474 e. The summed E-state index contributed by atoms with van der Waals surface area (Å²) in [7, 11) is 0. The summed E-state index contributed by atoms with van der Waals surface area (Å²) in [5.41, 5.74) is 10.2. The van der Waals surface area contributed by atoms with Crippen molar-refractivity contribution >= 4 is 23.1 Å². The fraction of sp³-hybridized carbons (Fsp3) is 0.465. The van der Waals surface area contributed by atoms with E-state index in [9.17, 15) is 0 Å². The first-order valence-electron chi connectivity index (χ1n) is 17.6. The molecule has 0 spiro atoms. The van der Waals surface area contributed by atoms with Gasteiger partial charge in [0.05, 0.1) is 0 Å². The topological polar surface area (TPSA) is 56.1 Å². The monoisotopic (exact) mass is 675 g/mol. The molecular weight excluding hydrogens is 623 g/mol. The van der Waals surface area contributed by atoms with Crippen molar-refractivity contribution in [3.8, 4) is 10.4 Å². The Hall–Kier alpha value is -3.77. The van der Waals surface area contributed by atoms with Gasteiger partial charge in [0.25, 0.3) is 0 Å². The van der Waals surface area contributed by atoms with Crippen LogP contribution in [0.15, 0.2) is 76.0 Å². The van der Waals surface area contributed by atoms with Gasteiger partial charge in [0.1, 0.15) is 36.7 Å². The van der Waals surface area contributed by atoms with Crippen molar-refractivity contribution in [2.75, 3.05) is 13.2 Å². The summed E-state index contributed by atoms with van der Waals surface area (Å²) in [5.74, 6) is 1.12. The summed E-state index contributed by atoms with van der Waals surface area (Å²) >= 11 is 1.70. The van der Waals surface area contributed by atoms with E-state index in [1.807, 2.05) is 0 Å². The van der Waals surface area contributed by atoms with E-state index in [0.717, 1.165) is 10.4 Å². The van der Waals surface area contributed by atoms with Gasteiger partial charge in [-0.25, -0.2) is 15.0 Å². The number of nitrogens with zero attached hydrogens (tertiary/aromatic N) is 3. The smallest absolute Gasteiger partial charge is 0.236 e. The second kappa shape index (κ2) is 12.5. The number of aromatic nitrogens is 1. The molecule has 2 aromatic carbocycles. The SMILES string of the molecule is CC(C)(C)c1cc([C@@H]2COC(c3cc(-c4cccs4)cc(C4=N[C@H](c5cc(C(C)(C)C)cc(C(C)(C)C)c5)CO4)n3)=N2)cc(C(C)(C)C)c1. The predicted molar refractivity (Wildman–Crippen MR) is 206 cm³/mol. The fourth-order valence-corrected chi connectivity index (χ4v) is 6.84. The van der Waals surface area contributed by atoms with Crippen LogP contribution in [0.2, 0.25) is 0 Å². The number of aliphatic imine (C=N–C) groups is 2. The van der Waals surface area contributed by atoms with Gasteiger partial charge < -0.3 is 9.47 Å². The molecule has 258 valence electrons. The lowest BCUT2D eigenvalue weighted by Gasteiger charge is -2.26. The molecule has 0 saturated carbocycles. The highest BCUT2D eigenvalue weighted by molar-refractivity contribution is 7.13. The molecule has 0 bridgehead atoms. The third kappa shape index (κ3) is 7.70. The quantitative estimate of drug-likeness (QED) is 0.212. The van der Waals surface area contributed by atoms with Gasteiger partial charge in [-0.15, -0.1) is 11.3 Å². The van der Waals surface area contributed by atoms with Crippen LogP contribution in [0.4, 0.5) is 0 Å². The van der Waals surface area contributed by atoms with Gasteiger partial charge in [-0.05, 0) is 84.2 Å². The van der Waals surface area contributed by atoms with Gasteiger partial charge >= 0.3 is 0 Å². The van der Waals surface area contributed by atoms with Crippen LogP contribution in [-0.4, -0.2) is 30.0 Å². The molecule has 2 aliphatic heterocycles. The van der Waals surface area contributed by atoms with E-state index >= 15 is 0 Å². The van der Waals surface area contributed by atoms with Gasteiger partial charge in [0.15, 0.2) is 0 Å². The van der Waals surface area contributed by atoms with Crippen LogP contribution < -0.4 is 0 Å². The van der Waals surface area contributed by atoms with Crippen LogP contribution in [0.3, 0.4) is 0 Å². The molecule has 0 fully saturated rings. The highest BCUT2D eigenvalue weighted by Crippen LogP contribution is 2.37. The molecule has 4 aromatic rings. The Kier molecular flexibility index (Phi) is 8.97. The maximum atomic E-state index is 6.34. The van der Waals surface area contributed by atoms with Crippen LogP contribution in [0.25, 0.3) is 10.4 Å². The average Bonchev–Trinajstić information content (AvgIpc) is 3.81. The zero-order chi connectivity index (χ0) is 35.5. The van der Waals surface area contributed by atoms with E-state index in [1.54, 1.807) is 11.3 Å². The Bertz CT molecular complexity index is 1720. The molecule has 6 rings (SSSR count). The zero-order valence-electron chi connectivity index (χ0n) is 31.5. The zero-order valence-corrected chi connectivity index (χ0v) is 32.3. The molecule has 2 aromatic heterocycles. The molecule has 6 heteroatoms. The van der Waals surface area contributed by atoms with E-state index in [1.165, 1.54) is 33.4 Å². The van der Waals surface area contributed by atoms with Crippen LogP contribution in [-0.2, 0) is 31.1 Å². The lowest BCUT2D eigenvalue weighted by atomic mass is 9.79. The van der Waals surface area contributed by atoms with Crippen molar-refractivity contribution in [2.45, 2.75) is 117 Å². The van der Waals surface area contributed by atoms with Gasteiger partial charge in [0.2, 0.25) is 11.8 Å². The first kappa shape index (κ1) is 35.1. The van der Waals surface area contributed by atoms with Crippen molar-refractivity contribution in [2.24, 2.45) is 9.98 Å². The van der Waals surface area contributed by atoms with Crippen molar-refractivity contribution in [1.82, 2.24) is 4.98 Å². The molecule has 5 nitrogen and oxygen atoms in total. The number of hydrogen-bond donors (Lipinski definition) is 0. The molecule has 0 amide bonds. The lowest BCUT2D eigenvalue weighted by molar-refractivity contribution is 0.317. The summed E-state index contributed by atoms with van der Waals surface area (Å²) < 4.78 is 12.7. The first-order chi connectivity index (χ1) is 22.8. The minimum absolute atomic E-state index is 0.0236. The number of hydrogen-bond acceptors (Lipinski definition) is 6. The standard InChI is InChI=1S/C43H53N3O2S/c1-40(2,3)29-16-26(17-30(22-29)41(4,5)6)35-24-47-38(45-35)33-20-28(37-14-13-15-49-37)21-34(44-33)39-46-36(25-48-39)27-18-31(42(7,8)9)23-32(19-27)43(10,11)12/h13-23,35-36H,24-25H2,1-12H3/t35-,36-/m0/s1. The minimum atomic E-state index is -0.106. The number of pyridine rings is 1. The summed E-state index contributed by atoms with van der Waals surface area (Å²) in [6.07, 6.45) is 0. The molecule has 0 aliphatic carbocycles. The maximum absolute atomic E-state index is 6.34. The number of ether oxygens (including phenoxy) is 2. The number of thiophene rings is 1. The first-order valence-corrected chi connectivity index (χ1v) is 18.4. The normalized spacial score (nSPS) is 18.6. The van der Waals surface area contributed by atoms with E-state index in [0.29, 0.717) is 36.4 Å². The van der Waals surface area contributed by atoms with Crippen molar-refractivity contribution < 1.29 is 9.47 Å². The summed E-state index contributed by atoms with van der Waals surface area (Å²) in [5, 5.41) is 2.10. The number of benzene rings is 2. The molecule has 2 aliphatic rings. The molecule has 4 heterocycles. The van der Waals surface area contributed by atoms with E-state index in [2.05, 4.69) is 149 Å². The van der Waals surface area contributed by atoms with Crippen LogP contribution in [0, 0.1) is 0 Å². The Balaban J connectivity index is 1.39. The Morgan fingerprint density at radius 3 is 1.27 bits per heavy atom. The third-order valence-electron chi connectivity index (χ3n) is 9.52. The van der Waals surface area contributed by atoms with E-state index in [-0.39, 0.29) is 33.7 Å². The second-order valence-corrected chi connectivity index (χ2v) is 18.8. The average molecular weight is 676 g/mol. The highest BCUT2D eigenvalue weighted by Gasteiger charge is 2.30. The predicted octanol–water partition coefficient (Wildman–Crippen LogP) is 11.0. The van der Waals surface area contributed by atoms with Gasteiger partial charge in [-0.2, -0.15) is 0 Å². The Morgan fingerprint density at radius 1 is 0.551 bits per heavy atom. The summed E-state index contributed by atoms with van der Waals surface area (Å²) in [6.45, 7) is 28.2. The minimum Gasteiger partial charge on any atom is -0.474 e. The van der Waals surface area contributed by atoms with Crippen LogP contribution in [0.1, 0.15) is 140 Å².